The van der Waals surface area contributed by atoms with Crippen LogP contribution in [0.25, 0.3) is 0 Å². The minimum atomic E-state index is -0.405. The summed E-state index contributed by atoms with van der Waals surface area (Å²) in [6.07, 6.45) is 4.82. The molecule has 6 heteroatoms. The molecule has 0 saturated heterocycles. The molecule has 1 aromatic rings. The van der Waals surface area contributed by atoms with Crippen molar-refractivity contribution in [2.45, 2.75) is 93.8 Å². The number of aliphatic imine (C=N–C) groups is 1. The number of Topliss-reactive ketones (excluding diaryl/α,β-unsaturated/α-hetero) is 1. The highest BCUT2D eigenvalue weighted by Crippen LogP contribution is 2.25. The van der Waals surface area contributed by atoms with Gasteiger partial charge < -0.3 is 14.8 Å². The molecule has 2 unspecified atom stereocenters. The lowest BCUT2D eigenvalue weighted by atomic mass is 9.96. The zero-order valence-corrected chi connectivity index (χ0v) is 24.6. The van der Waals surface area contributed by atoms with Crippen LogP contribution in [-0.4, -0.2) is 43.3 Å². The van der Waals surface area contributed by atoms with Crippen molar-refractivity contribution in [2.75, 3.05) is 13.7 Å². The van der Waals surface area contributed by atoms with Gasteiger partial charge in [0.1, 0.15) is 12.1 Å². The molecule has 0 radical (unpaired) electrons. The second-order valence-corrected chi connectivity index (χ2v) is 10.4. The fraction of sp³-hybridized carbons (Fsp3) is 0.581. The van der Waals surface area contributed by atoms with E-state index in [1.54, 1.807) is 7.11 Å². The minimum absolute atomic E-state index is 0.137. The average molecular weight is 513 g/mol. The summed E-state index contributed by atoms with van der Waals surface area (Å²) in [5, 5.41) is 3.39. The standard InChI is InChI=1S/C31H48N2O4/c1-11-26(16-23(8)29(34)12-2)30(21(5)6)33-27-17-25(14-13-22(27)7)18-32-28(15-20(3)4)31(35)37-24(9)19-36-10/h11,13-14,16-17,20-21,24,28,32H,12,15,18-19H2,1-10H3/b23-16-,26-11+,33-30+. The van der Waals surface area contributed by atoms with Gasteiger partial charge in [-0.25, -0.2) is 0 Å². The number of esters is 1. The summed E-state index contributed by atoms with van der Waals surface area (Å²) in [6.45, 7) is 18.9. The number of ether oxygens (including phenoxy) is 2. The number of nitrogens with zero attached hydrogens (tertiary/aromatic N) is 1. The Morgan fingerprint density at radius 1 is 1.14 bits per heavy atom. The molecule has 0 amide bonds. The number of rotatable bonds is 15. The lowest BCUT2D eigenvalue weighted by Crippen LogP contribution is -2.40. The van der Waals surface area contributed by atoms with Crippen LogP contribution in [0.3, 0.4) is 0 Å². The van der Waals surface area contributed by atoms with Crippen molar-refractivity contribution in [3.63, 3.8) is 0 Å². The molecule has 6 nitrogen and oxygen atoms in total. The summed E-state index contributed by atoms with van der Waals surface area (Å²) in [4.78, 5) is 30.0. The number of hydrogen-bond donors (Lipinski definition) is 1. The van der Waals surface area contributed by atoms with Gasteiger partial charge in [0.05, 0.1) is 18.0 Å². The highest BCUT2D eigenvalue weighted by molar-refractivity contribution is 6.07. The molecule has 0 bridgehead atoms. The van der Waals surface area contributed by atoms with Gasteiger partial charge in [0, 0.05) is 20.1 Å². The van der Waals surface area contributed by atoms with E-state index in [1.165, 1.54) is 0 Å². The molecular weight excluding hydrogens is 464 g/mol. The number of carbonyl (C=O) groups is 2. The van der Waals surface area contributed by atoms with Crippen LogP contribution in [-0.2, 0) is 25.6 Å². The van der Waals surface area contributed by atoms with E-state index in [0.29, 0.717) is 31.9 Å². The first-order valence-corrected chi connectivity index (χ1v) is 13.4. The summed E-state index contributed by atoms with van der Waals surface area (Å²) in [6, 6.07) is 5.78. The predicted molar refractivity (Wildman–Crippen MR) is 153 cm³/mol. The monoisotopic (exact) mass is 512 g/mol. The van der Waals surface area contributed by atoms with Crippen molar-refractivity contribution in [1.82, 2.24) is 5.32 Å². The second kappa shape index (κ2) is 16.3. The van der Waals surface area contributed by atoms with Crippen molar-refractivity contribution in [1.29, 1.82) is 0 Å². The topological polar surface area (TPSA) is 77.0 Å². The van der Waals surface area contributed by atoms with E-state index >= 15 is 0 Å². The third kappa shape index (κ3) is 11.1. The van der Waals surface area contributed by atoms with Gasteiger partial charge in [-0.05, 0) is 80.4 Å². The van der Waals surface area contributed by atoms with Crippen LogP contribution in [0.4, 0.5) is 5.69 Å². The van der Waals surface area contributed by atoms with Crippen LogP contribution in [0.15, 0.2) is 46.5 Å². The maximum absolute atomic E-state index is 12.8. The van der Waals surface area contributed by atoms with Gasteiger partial charge in [-0.2, -0.15) is 0 Å². The molecule has 0 aliphatic rings. The van der Waals surface area contributed by atoms with Crippen LogP contribution in [0.2, 0.25) is 0 Å². The summed E-state index contributed by atoms with van der Waals surface area (Å²) in [7, 11) is 1.60. The van der Waals surface area contributed by atoms with E-state index in [1.807, 2.05) is 46.8 Å². The zero-order chi connectivity index (χ0) is 28.1. The van der Waals surface area contributed by atoms with Crippen LogP contribution in [0.5, 0.6) is 0 Å². The molecule has 0 saturated carbocycles. The van der Waals surface area contributed by atoms with E-state index in [2.05, 4.69) is 51.2 Å². The number of hydrogen-bond acceptors (Lipinski definition) is 6. The molecule has 0 aliphatic carbocycles. The molecule has 0 aromatic heterocycles. The van der Waals surface area contributed by atoms with Crippen LogP contribution >= 0.6 is 0 Å². The normalized spacial score (nSPS) is 14.8. The molecule has 1 rings (SSSR count). The Bertz CT molecular complexity index is 989. The van der Waals surface area contributed by atoms with E-state index in [-0.39, 0.29) is 23.8 Å². The Morgan fingerprint density at radius 2 is 1.81 bits per heavy atom. The van der Waals surface area contributed by atoms with E-state index in [9.17, 15) is 9.59 Å². The van der Waals surface area contributed by atoms with Gasteiger partial charge >= 0.3 is 5.97 Å². The van der Waals surface area contributed by atoms with Crippen molar-refractivity contribution in [3.8, 4) is 0 Å². The van der Waals surface area contributed by atoms with Crippen molar-refractivity contribution < 1.29 is 19.1 Å². The molecule has 1 N–H and O–H groups in total. The fourth-order valence-electron chi connectivity index (χ4n) is 3.96. The maximum Gasteiger partial charge on any atom is 0.323 e. The zero-order valence-electron chi connectivity index (χ0n) is 24.6. The number of allylic oxidation sites excluding steroid dienone is 4. The lowest BCUT2D eigenvalue weighted by Gasteiger charge is -2.22. The Kier molecular flexibility index (Phi) is 14.3. The Balaban J connectivity index is 3.22. The molecule has 0 aliphatic heterocycles. The first kappa shape index (κ1) is 32.5. The van der Waals surface area contributed by atoms with Gasteiger partial charge in [-0.15, -0.1) is 0 Å². The van der Waals surface area contributed by atoms with Gasteiger partial charge in [0.2, 0.25) is 0 Å². The quantitative estimate of drug-likeness (QED) is 0.123. The maximum atomic E-state index is 12.8. The Labute approximate surface area is 224 Å². The molecular formula is C31H48N2O4. The molecule has 0 heterocycles. The Morgan fingerprint density at radius 3 is 2.35 bits per heavy atom. The van der Waals surface area contributed by atoms with E-state index in [4.69, 9.17) is 14.5 Å². The number of carbonyl (C=O) groups excluding carboxylic acids is 2. The number of ketones is 1. The third-order valence-corrected chi connectivity index (χ3v) is 6.06. The number of methoxy groups -OCH3 is 1. The second-order valence-electron chi connectivity index (χ2n) is 10.4. The smallest absolute Gasteiger partial charge is 0.323 e. The van der Waals surface area contributed by atoms with Crippen molar-refractivity contribution >= 4 is 23.2 Å². The van der Waals surface area contributed by atoms with Crippen LogP contribution in [0.1, 0.15) is 79.4 Å². The summed E-state index contributed by atoms with van der Waals surface area (Å²) >= 11 is 0. The van der Waals surface area contributed by atoms with Gasteiger partial charge in [-0.1, -0.05) is 52.8 Å². The number of nitrogens with one attached hydrogen (secondary N) is 1. The summed E-state index contributed by atoms with van der Waals surface area (Å²) in [5.41, 5.74) is 5.62. The summed E-state index contributed by atoms with van der Waals surface area (Å²) < 4.78 is 10.7. The number of benzene rings is 1. The predicted octanol–water partition coefficient (Wildman–Crippen LogP) is 6.68. The highest BCUT2D eigenvalue weighted by Gasteiger charge is 2.23. The van der Waals surface area contributed by atoms with Gasteiger partial charge in [0.15, 0.2) is 5.78 Å². The third-order valence-electron chi connectivity index (χ3n) is 6.06. The van der Waals surface area contributed by atoms with Gasteiger partial charge in [0.25, 0.3) is 0 Å². The molecule has 0 fully saturated rings. The first-order valence-electron chi connectivity index (χ1n) is 13.4. The molecule has 206 valence electrons. The van der Waals surface area contributed by atoms with Gasteiger partial charge in [-0.3, -0.25) is 14.6 Å². The van der Waals surface area contributed by atoms with Crippen LogP contribution in [0, 0.1) is 18.8 Å². The minimum Gasteiger partial charge on any atom is -0.459 e. The van der Waals surface area contributed by atoms with E-state index < -0.39 is 6.04 Å². The van der Waals surface area contributed by atoms with E-state index in [0.717, 1.165) is 33.7 Å². The lowest BCUT2D eigenvalue weighted by molar-refractivity contribution is -0.153. The largest absolute Gasteiger partial charge is 0.459 e. The average Bonchev–Trinajstić information content (AvgIpc) is 2.84. The highest BCUT2D eigenvalue weighted by atomic mass is 16.6. The molecule has 37 heavy (non-hydrogen) atoms. The summed E-state index contributed by atoms with van der Waals surface area (Å²) in [5.74, 6) is 0.391. The first-order chi connectivity index (χ1) is 17.4. The van der Waals surface area contributed by atoms with Crippen molar-refractivity contribution in [2.24, 2.45) is 16.8 Å². The fourth-order valence-corrected chi connectivity index (χ4v) is 3.96. The molecule has 1 aromatic carbocycles. The molecule has 2 atom stereocenters. The van der Waals surface area contributed by atoms with Crippen LogP contribution < -0.4 is 5.32 Å². The van der Waals surface area contributed by atoms with Crippen molar-refractivity contribution in [3.05, 3.63) is 52.6 Å². The Hall–Kier alpha value is -2.57. The SMILES string of the molecule is C/C=C(\C=C(\C)C(=O)CC)C(=N/c1cc(CNC(CC(C)C)C(=O)OC(C)COC)ccc1C)/C(C)C. The molecule has 0 spiro atoms. The number of aryl methyl sites for hydroxylation is 1.